The molecule has 1 aromatic rings. The number of carbonyl (C=O) groups excluding carboxylic acids is 1. The lowest BCUT2D eigenvalue weighted by Crippen LogP contribution is -2.43. The highest BCUT2D eigenvalue weighted by Crippen LogP contribution is 2.45. The van der Waals surface area contributed by atoms with Crippen LogP contribution in [0.25, 0.3) is 0 Å². The fourth-order valence-corrected chi connectivity index (χ4v) is 2.61. The highest BCUT2D eigenvalue weighted by Gasteiger charge is 2.44. The first kappa shape index (κ1) is 13.4. The van der Waals surface area contributed by atoms with E-state index < -0.39 is 0 Å². The molecule has 1 atom stereocenters. The van der Waals surface area contributed by atoms with E-state index in [0.717, 1.165) is 44.5 Å². The molecule has 0 aromatic heterocycles. The molecule has 1 aromatic carbocycles. The molecule has 2 fully saturated rings. The molecular weight excluding hydrogens is 252 g/mol. The zero-order valence-corrected chi connectivity index (χ0v) is 11.7. The quantitative estimate of drug-likeness (QED) is 0.830. The Balaban J connectivity index is 1.43. The molecule has 4 heteroatoms. The normalized spacial score (nSPS) is 23.3. The standard InChI is InChI=1S/C16H22N2O2/c19-15(14-7-4-10-17-14)18-11-16(8-9-16)12-20-13-5-2-1-3-6-13/h1-3,5-6,14,17H,4,7-12H2,(H,18,19)/t14-/m0/s1. The number of nitrogens with one attached hydrogen (secondary N) is 2. The van der Waals surface area contributed by atoms with Crippen LogP contribution in [0.4, 0.5) is 0 Å². The second-order valence-electron chi connectivity index (χ2n) is 5.97. The average molecular weight is 274 g/mol. The van der Waals surface area contributed by atoms with Gasteiger partial charge >= 0.3 is 0 Å². The maximum absolute atomic E-state index is 12.0. The van der Waals surface area contributed by atoms with Gasteiger partial charge in [0.2, 0.25) is 5.91 Å². The van der Waals surface area contributed by atoms with Crippen LogP contribution in [0.2, 0.25) is 0 Å². The zero-order valence-electron chi connectivity index (χ0n) is 11.7. The lowest BCUT2D eigenvalue weighted by atomic mass is 10.1. The molecule has 1 amide bonds. The van der Waals surface area contributed by atoms with E-state index in [-0.39, 0.29) is 17.4 Å². The molecule has 1 heterocycles. The third-order valence-corrected chi connectivity index (χ3v) is 4.26. The summed E-state index contributed by atoms with van der Waals surface area (Å²) in [5.74, 6) is 1.05. The van der Waals surface area contributed by atoms with Gasteiger partial charge < -0.3 is 15.4 Å². The molecular formula is C16H22N2O2. The topological polar surface area (TPSA) is 50.4 Å². The van der Waals surface area contributed by atoms with Crippen LogP contribution in [-0.2, 0) is 4.79 Å². The highest BCUT2D eigenvalue weighted by atomic mass is 16.5. The van der Waals surface area contributed by atoms with Gasteiger partial charge in [-0.25, -0.2) is 0 Å². The van der Waals surface area contributed by atoms with Crippen LogP contribution in [0, 0.1) is 5.41 Å². The predicted octanol–water partition coefficient (Wildman–Crippen LogP) is 1.71. The van der Waals surface area contributed by atoms with Crippen molar-refractivity contribution >= 4 is 5.91 Å². The molecule has 3 rings (SSSR count). The van der Waals surface area contributed by atoms with E-state index in [0.29, 0.717) is 6.61 Å². The van der Waals surface area contributed by atoms with Crippen LogP contribution < -0.4 is 15.4 Å². The number of rotatable bonds is 6. The van der Waals surface area contributed by atoms with Gasteiger partial charge in [0, 0.05) is 12.0 Å². The molecule has 2 N–H and O–H groups in total. The molecule has 108 valence electrons. The summed E-state index contributed by atoms with van der Waals surface area (Å²) in [6.07, 6.45) is 4.33. The fraction of sp³-hybridized carbons (Fsp3) is 0.562. The van der Waals surface area contributed by atoms with E-state index in [2.05, 4.69) is 10.6 Å². The molecule has 20 heavy (non-hydrogen) atoms. The van der Waals surface area contributed by atoms with E-state index in [1.165, 1.54) is 0 Å². The summed E-state index contributed by atoms with van der Waals surface area (Å²) in [6.45, 7) is 2.38. The van der Waals surface area contributed by atoms with Gasteiger partial charge in [-0.15, -0.1) is 0 Å². The minimum atomic E-state index is 0.0147. The van der Waals surface area contributed by atoms with Crippen molar-refractivity contribution < 1.29 is 9.53 Å². The first-order valence-corrected chi connectivity index (χ1v) is 7.46. The first-order chi connectivity index (χ1) is 9.77. The molecule has 0 unspecified atom stereocenters. The van der Waals surface area contributed by atoms with Crippen molar-refractivity contribution in [2.75, 3.05) is 19.7 Å². The minimum Gasteiger partial charge on any atom is -0.493 e. The highest BCUT2D eigenvalue weighted by molar-refractivity contribution is 5.82. The van der Waals surface area contributed by atoms with Crippen molar-refractivity contribution in [3.8, 4) is 5.75 Å². The van der Waals surface area contributed by atoms with Crippen LogP contribution in [0.1, 0.15) is 25.7 Å². The zero-order chi connectivity index (χ0) is 13.8. The SMILES string of the molecule is O=C(NCC1(COc2ccccc2)CC1)[C@@H]1CCCN1. The van der Waals surface area contributed by atoms with Gasteiger partial charge in [0.15, 0.2) is 0 Å². The number of hydrogen-bond donors (Lipinski definition) is 2. The maximum atomic E-state index is 12.0. The summed E-state index contributed by atoms with van der Waals surface area (Å²) in [6, 6.07) is 9.88. The maximum Gasteiger partial charge on any atom is 0.237 e. The van der Waals surface area contributed by atoms with Crippen LogP contribution >= 0.6 is 0 Å². The summed E-state index contributed by atoms with van der Waals surface area (Å²) in [5.41, 5.74) is 0.157. The van der Waals surface area contributed by atoms with Crippen molar-refractivity contribution in [2.24, 2.45) is 5.41 Å². The van der Waals surface area contributed by atoms with Crippen molar-refractivity contribution in [1.29, 1.82) is 0 Å². The van der Waals surface area contributed by atoms with Crippen molar-refractivity contribution in [3.63, 3.8) is 0 Å². The fourth-order valence-electron chi connectivity index (χ4n) is 2.61. The molecule has 1 aliphatic heterocycles. The predicted molar refractivity (Wildman–Crippen MR) is 77.6 cm³/mol. The van der Waals surface area contributed by atoms with E-state index >= 15 is 0 Å². The van der Waals surface area contributed by atoms with Gasteiger partial charge in [-0.1, -0.05) is 18.2 Å². The van der Waals surface area contributed by atoms with Crippen molar-refractivity contribution in [3.05, 3.63) is 30.3 Å². The molecule has 0 bridgehead atoms. The second-order valence-corrected chi connectivity index (χ2v) is 5.97. The molecule has 2 aliphatic rings. The Labute approximate surface area is 119 Å². The van der Waals surface area contributed by atoms with Crippen molar-refractivity contribution in [1.82, 2.24) is 10.6 Å². The number of hydrogen-bond acceptors (Lipinski definition) is 3. The second kappa shape index (κ2) is 5.83. The minimum absolute atomic E-state index is 0.0147. The average Bonchev–Trinajstić information content (AvgIpc) is 3.04. The van der Waals surface area contributed by atoms with E-state index in [9.17, 15) is 4.79 Å². The third kappa shape index (κ3) is 3.31. The van der Waals surface area contributed by atoms with E-state index in [4.69, 9.17) is 4.74 Å². The summed E-state index contributed by atoms with van der Waals surface area (Å²) in [5, 5.41) is 6.31. The molecule has 1 saturated heterocycles. The number of carbonyl (C=O) groups is 1. The molecule has 0 radical (unpaired) electrons. The van der Waals surface area contributed by atoms with E-state index in [1.807, 2.05) is 30.3 Å². The Hall–Kier alpha value is -1.55. The third-order valence-electron chi connectivity index (χ3n) is 4.26. The Morgan fingerprint density at radius 2 is 2.15 bits per heavy atom. The van der Waals surface area contributed by atoms with Gasteiger partial charge in [-0.2, -0.15) is 0 Å². The van der Waals surface area contributed by atoms with Gasteiger partial charge in [-0.3, -0.25) is 4.79 Å². The number of benzene rings is 1. The number of ether oxygens (including phenoxy) is 1. The van der Waals surface area contributed by atoms with E-state index in [1.54, 1.807) is 0 Å². The lowest BCUT2D eigenvalue weighted by molar-refractivity contribution is -0.123. The lowest BCUT2D eigenvalue weighted by Gasteiger charge is -2.18. The molecule has 1 aliphatic carbocycles. The Kier molecular flexibility index (Phi) is 3.92. The molecule has 0 spiro atoms. The largest absolute Gasteiger partial charge is 0.493 e. The number of para-hydroxylation sites is 1. The summed E-state index contributed by atoms with van der Waals surface area (Å²) < 4.78 is 5.82. The summed E-state index contributed by atoms with van der Waals surface area (Å²) in [4.78, 5) is 12.0. The Morgan fingerprint density at radius 3 is 2.80 bits per heavy atom. The van der Waals surface area contributed by atoms with Gasteiger partial charge in [0.25, 0.3) is 0 Å². The molecule has 4 nitrogen and oxygen atoms in total. The van der Waals surface area contributed by atoms with Gasteiger partial charge in [0.05, 0.1) is 12.6 Å². The van der Waals surface area contributed by atoms with Crippen LogP contribution in [0.15, 0.2) is 30.3 Å². The Bertz CT molecular complexity index is 451. The number of amides is 1. The smallest absolute Gasteiger partial charge is 0.237 e. The van der Waals surface area contributed by atoms with Crippen LogP contribution in [0.5, 0.6) is 5.75 Å². The Morgan fingerprint density at radius 1 is 1.35 bits per heavy atom. The van der Waals surface area contributed by atoms with Gasteiger partial charge in [0.1, 0.15) is 5.75 Å². The monoisotopic (exact) mass is 274 g/mol. The summed E-state index contributed by atoms with van der Waals surface area (Å²) >= 11 is 0. The first-order valence-electron chi connectivity index (χ1n) is 7.46. The van der Waals surface area contributed by atoms with Crippen LogP contribution in [0.3, 0.4) is 0 Å². The van der Waals surface area contributed by atoms with Crippen molar-refractivity contribution in [2.45, 2.75) is 31.7 Å². The van der Waals surface area contributed by atoms with Crippen LogP contribution in [-0.4, -0.2) is 31.6 Å². The summed E-state index contributed by atoms with van der Waals surface area (Å²) in [7, 11) is 0. The van der Waals surface area contributed by atoms with Gasteiger partial charge in [-0.05, 0) is 44.4 Å². The molecule has 1 saturated carbocycles.